The number of carbonyl (C=O) groups excluding carboxylic acids is 1. The monoisotopic (exact) mass is 720 g/mol. The van der Waals surface area contributed by atoms with Gasteiger partial charge in [0.15, 0.2) is 17.4 Å². The largest absolute Gasteiger partial charge is 2.00 e. The minimum atomic E-state index is -4.94. The molecule has 5 aromatic rings. The molecule has 0 spiro atoms. The van der Waals surface area contributed by atoms with Crippen LogP contribution in [-0.4, -0.2) is 29.9 Å². The molecule has 2 aromatic carbocycles. The minimum absolute atomic E-state index is 0. The molecule has 14 heteroatoms. The third-order valence-corrected chi connectivity index (χ3v) is 6.52. The van der Waals surface area contributed by atoms with Crippen molar-refractivity contribution in [3.63, 3.8) is 0 Å². The van der Waals surface area contributed by atoms with Gasteiger partial charge in [-0.2, -0.15) is 5.26 Å². The third kappa shape index (κ3) is 12.1. The number of rotatable bonds is 3. The molecule has 0 bridgehead atoms. The molecule has 0 saturated heterocycles. The first-order valence-electron chi connectivity index (χ1n) is 14.4. The maximum atomic E-state index is 11.4. The summed E-state index contributed by atoms with van der Waals surface area (Å²) in [6.07, 6.45) is 1.22. The molecule has 0 aliphatic heterocycles. The summed E-state index contributed by atoms with van der Waals surface area (Å²) in [4.78, 5) is 25.8. The molecule has 0 radical (unpaired) electrons. The number of hydrogen-bond acceptors (Lipinski definition) is 10. The molecule has 0 aliphatic carbocycles. The van der Waals surface area contributed by atoms with Crippen LogP contribution in [0.5, 0.6) is 0 Å². The quantitative estimate of drug-likeness (QED) is 0.150. The Labute approximate surface area is 292 Å². The van der Waals surface area contributed by atoms with Crippen LogP contribution in [0, 0.1) is 32.4 Å². The maximum absolute atomic E-state index is 11.4. The van der Waals surface area contributed by atoms with Crippen molar-refractivity contribution in [1.29, 1.82) is 5.26 Å². The number of aromatic nitrogens is 5. The van der Waals surface area contributed by atoms with Crippen molar-refractivity contribution in [3.05, 3.63) is 78.6 Å². The van der Waals surface area contributed by atoms with Crippen molar-refractivity contribution in [3.8, 4) is 29.1 Å². The summed E-state index contributed by atoms with van der Waals surface area (Å²) in [5.74, 6) is 1.50. The topological polar surface area (TPSA) is 205 Å². The zero-order valence-electron chi connectivity index (χ0n) is 28.3. The van der Waals surface area contributed by atoms with Crippen molar-refractivity contribution in [2.45, 2.75) is 48.5 Å². The van der Waals surface area contributed by atoms with Gasteiger partial charge in [-0.25, -0.2) is 33.6 Å². The Morgan fingerprint density at radius 3 is 1.40 bits per heavy atom. The Bertz CT molecular complexity index is 1790. The second-order valence-corrected chi connectivity index (χ2v) is 13.1. The summed E-state index contributed by atoms with van der Waals surface area (Å²) in [6.45, 7) is 12.3. The van der Waals surface area contributed by atoms with E-state index >= 15 is 0 Å². The maximum Gasteiger partial charge on any atom is 2.00 e. The number of fused-ring (bicyclic) bond motifs is 2. The van der Waals surface area contributed by atoms with Crippen LogP contribution in [0.4, 0.5) is 0 Å². The number of nitriles is 1. The smallest absolute Gasteiger partial charge is 0.875 e. The molecule has 3 heterocycles. The van der Waals surface area contributed by atoms with Crippen LogP contribution in [0.1, 0.15) is 48.5 Å². The van der Waals surface area contributed by atoms with E-state index in [0.29, 0.717) is 0 Å². The zero-order valence-corrected chi connectivity index (χ0v) is 30.0. The van der Waals surface area contributed by atoms with E-state index in [-0.39, 0.29) is 28.0 Å². The fourth-order valence-electron chi connectivity index (χ4n) is 3.99. The summed E-state index contributed by atoms with van der Waals surface area (Å²) >= 11 is 0. The SMILES string of the molecule is CC#N.CC(C)(C)C(=O)/C=C(\[O-])C(C)(C)C.Cn1c(-c2cccc(-c3nc4ccccc4n3C)n2)nc2ccccc21.[Ni+2].[O-][Cl+3]([O-])([O-])[O-]. The van der Waals surface area contributed by atoms with E-state index in [1.165, 1.54) is 13.0 Å². The standard InChI is InChI=1S/C21H17N5.C11H20O2.C2H3N.ClHO4.Ni/c1-25-18-12-5-3-8-14(18)23-20(25)16-10-7-11-17(22-16)21-24-15-9-4-6-13-19(15)26(21)2;1-10(2,3)8(12)7-9(13)11(4,5)6;1-2-3;2-1(3,4)5;/h3-13H,1-2H3;7,12H,1-6H3;1H3;(H,2,3,4,5);/q;;;;+2/p-2/b;8-7-;;;. The van der Waals surface area contributed by atoms with Crippen molar-refractivity contribution in [2.75, 3.05) is 0 Å². The predicted octanol–water partition coefficient (Wildman–Crippen LogP) is 1.85. The van der Waals surface area contributed by atoms with Gasteiger partial charge in [-0.3, -0.25) is 4.79 Å². The second-order valence-electron chi connectivity index (χ2n) is 12.3. The molecule has 12 nitrogen and oxygen atoms in total. The van der Waals surface area contributed by atoms with Crippen molar-refractivity contribution in [1.82, 2.24) is 24.1 Å². The van der Waals surface area contributed by atoms with E-state index in [2.05, 4.69) is 21.3 Å². The normalized spacial score (nSPS) is 11.5. The van der Waals surface area contributed by atoms with Gasteiger partial charge in [0, 0.05) is 26.4 Å². The van der Waals surface area contributed by atoms with E-state index in [4.69, 9.17) is 38.8 Å². The van der Waals surface area contributed by atoms with Crippen molar-refractivity contribution < 1.29 is 55.3 Å². The molecule has 48 heavy (non-hydrogen) atoms. The van der Waals surface area contributed by atoms with Crippen LogP contribution in [0.25, 0.3) is 45.1 Å². The van der Waals surface area contributed by atoms with Gasteiger partial charge in [0.2, 0.25) is 0 Å². The number of nitrogens with zero attached hydrogens (tertiary/aromatic N) is 6. The number of hydrogen-bond donors (Lipinski definition) is 0. The van der Waals surface area contributed by atoms with Gasteiger partial charge in [-0.05, 0) is 47.9 Å². The van der Waals surface area contributed by atoms with Gasteiger partial charge in [0.05, 0.1) is 28.1 Å². The van der Waals surface area contributed by atoms with E-state index in [9.17, 15) is 9.90 Å². The molecule has 0 atom stereocenters. The van der Waals surface area contributed by atoms with E-state index < -0.39 is 21.1 Å². The van der Waals surface area contributed by atoms with Crippen LogP contribution in [0.2, 0.25) is 0 Å². The minimum Gasteiger partial charge on any atom is -0.875 e. The zero-order chi connectivity index (χ0) is 35.7. The van der Waals surface area contributed by atoms with E-state index in [1.54, 1.807) is 6.07 Å². The van der Waals surface area contributed by atoms with Crippen molar-refractivity contribution in [2.24, 2.45) is 24.9 Å². The van der Waals surface area contributed by atoms with E-state index in [1.807, 2.05) is 110 Å². The first kappa shape index (κ1) is 41.9. The summed E-state index contributed by atoms with van der Waals surface area (Å²) in [5, 5.41) is 18.8. The Morgan fingerprint density at radius 2 is 1.08 bits per heavy atom. The molecule has 3 aromatic heterocycles. The first-order chi connectivity index (χ1) is 21.7. The molecule has 0 fully saturated rings. The average molecular weight is 722 g/mol. The van der Waals surface area contributed by atoms with Gasteiger partial charge < -0.3 is 14.2 Å². The van der Waals surface area contributed by atoms with Gasteiger partial charge in [-0.15, -0.1) is 16.0 Å². The molecule has 5 rings (SSSR count). The Balaban J connectivity index is 0.000000443. The summed E-state index contributed by atoms with van der Waals surface area (Å²) in [6, 6.07) is 24.0. The van der Waals surface area contributed by atoms with Gasteiger partial charge in [-0.1, -0.05) is 71.9 Å². The predicted molar refractivity (Wildman–Crippen MR) is 167 cm³/mol. The average Bonchev–Trinajstić information content (AvgIpc) is 3.49. The molecular weight excluding hydrogens is 683 g/mol. The fourth-order valence-corrected chi connectivity index (χ4v) is 3.99. The molecule has 0 aliphatic rings. The molecule has 258 valence electrons. The molecule has 0 saturated carbocycles. The van der Waals surface area contributed by atoms with Crippen LogP contribution in [-0.2, 0) is 35.4 Å². The molecular formula is C34H39ClN6NiO6. The van der Waals surface area contributed by atoms with E-state index in [0.717, 1.165) is 45.1 Å². The number of para-hydroxylation sites is 4. The van der Waals surface area contributed by atoms with Crippen LogP contribution >= 0.6 is 0 Å². The number of imidazole rings is 2. The van der Waals surface area contributed by atoms with Crippen molar-refractivity contribution >= 4 is 27.9 Å². The number of halogens is 1. The number of ketones is 1. The number of pyridine rings is 1. The van der Waals surface area contributed by atoms with Gasteiger partial charge in [0.25, 0.3) is 0 Å². The van der Waals surface area contributed by atoms with Gasteiger partial charge >= 0.3 is 16.5 Å². The Morgan fingerprint density at radius 1 is 0.729 bits per heavy atom. The Hall–Kier alpha value is -4.15. The Kier molecular flexibility index (Phi) is 15.1. The molecule has 0 amide bonds. The number of aryl methyl sites for hydroxylation is 2. The second kappa shape index (κ2) is 17.3. The number of carbonyl (C=O) groups is 1. The fraction of sp³-hybridized carbons (Fsp3) is 0.324. The third-order valence-electron chi connectivity index (χ3n) is 6.52. The number of allylic oxidation sites excluding steroid dienone is 2. The number of benzene rings is 2. The van der Waals surface area contributed by atoms with Crippen LogP contribution in [0.3, 0.4) is 0 Å². The molecule has 0 unspecified atom stereocenters. The summed E-state index contributed by atoms with van der Waals surface area (Å²) in [5.41, 5.74) is 4.90. The summed E-state index contributed by atoms with van der Waals surface area (Å²) in [7, 11) is -0.901. The van der Waals surface area contributed by atoms with Crippen LogP contribution < -0.4 is 23.7 Å². The van der Waals surface area contributed by atoms with Crippen LogP contribution in [0.15, 0.2) is 78.6 Å². The first-order valence-corrected chi connectivity index (χ1v) is 15.6. The van der Waals surface area contributed by atoms with Gasteiger partial charge in [0.1, 0.15) is 11.4 Å². The molecule has 0 N–H and O–H groups in total. The summed E-state index contributed by atoms with van der Waals surface area (Å²) < 4.78 is 38.1.